The highest BCUT2D eigenvalue weighted by Crippen LogP contribution is 2.13. The van der Waals surface area contributed by atoms with Crippen molar-refractivity contribution in [3.05, 3.63) is 29.8 Å². The van der Waals surface area contributed by atoms with Gasteiger partial charge in [0.15, 0.2) is 0 Å². The fourth-order valence-electron chi connectivity index (χ4n) is 1.67. The van der Waals surface area contributed by atoms with Crippen molar-refractivity contribution in [1.29, 1.82) is 0 Å². The molecule has 0 atom stereocenters. The minimum absolute atomic E-state index is 0.121. The minimum Gasteiger partial charge on any atom is -0.491 e. The maximum absolute atomic E-state index is 11.6. The van der Waals surface area contributed by atoms with Crippen LogP contribution in [0.5, 0.6) is 5.75 Å². The molecule has 1 rings (SSSR count). The Balaban J connectivity index is 2.35. The molecule has 0 fully saturated rings. The third-order valence-electron chi connectivity index (χ3n) is 2.73. The lowest BCUT2D eigenvalue weighted by Crippen LogP contribution is -2.22. The third kappa shape index (κ3) is 6.85. The summed E-state index contributed by atoms with van der Waals surface area (Å²) in [4.78, 5) is 11.6. The zero-order valence-electron chi connectivity index (χ0n) is 12.4. The molecule has 0 radical (unpaired) electrons. The van der Waals surface area contributed by atoms with Gasteiger partial charge < -0.3 is 10.1 Å². The summed E-state index contributed by atoms with van der Waals surface area (Å²) in [6, 6.07) is 7.85. The number of hydrogen-bond donors (Lipinski definition) is 1. The largest absolute Gasteiger partial charge is 0.491 e. The zero-order chi connectivity index (χ0) is 14.3. The summed E-state index contributed by atoms with van der Waals surface area (Å²) < 4.78 is 5.57. The fourth-order valence-corrected chi connectivity index (χ4v) is 1.67. The van der Waals surface area contributed by atoms with Crippen LogP contribution in [0.3, 0.4) is 0 Å². The molecule has 1 N–H and O–H groups in total. The molecule has 0 saturated heterocycles. The fraction of sp³-hybridized carbons (Fsp3) is 0.562. The standard InChI is InChI=1S/C16H25NO2/c1-12(2)5-10-16(18)17-11-14-6-8-15(9-7-14)19-13(3)4/h6-9,12-13H,5,10-11H2,1-4H3,(H,17,18). The van der Waals surface area contributed by atoms with Gasteiger partial charge >= 0.3 is 0 Å². The van der Waals surface area contributed by atoms with Crippen molar-refractivity contribution in [2.24, 2.45) is 5.92 Å². The van der Waals surface area contributed by atoms with Crippen molar-refractivity contribution in [2.75, 3.05) is 0 Å². The van der Waals surface area contributed by atoms with Crippen LogP contribution < -0.4 is 10.1 Å². The van der Waals surface area contributed by atoms with Gasteiger partial charge in [-0.05, 0) is 43.9 Å². The molecular weight excluding hydrogens is 238 g/mol. The molecule has 3 nitrogen and oxygen atoms in total. The molecule has 1 aromatic rings. The summed E-state index contributed by atoms with van der Waals surface area (Å²) in [5.74, 6) is 1.55. The van der Waals surface area contributed by atoms with Crippen LogP contribution in [0.15, 0.2) is 24.3 Å². The van der Waals surface area contributed by atoms with E-state index in [4.69, 9.17) is 4.74 Å². The Morgan fingerprint density at radius 3 is 2.32 bits per heavy atom. The number of amides is 1. The predicted octanol–water partition coefficient (Wildman–Crippen LogP) is 3.53. The van der Waals surface area contributed by atoms with Crippen molar-refractivity contribution < 1.29 is 9.53 Å². The van der Waals surface area contributed by atoms with E-state index in [2.05, 4.69) is 19.2 Å². The summed E-state index contributed by atoms with van der Waals surface area (Å²) in [6.07, 6.45) is 1.72. The molecule has 19 heavy (non-hydrogen) atoms. The molecule has 0 saturated carbocycles. The van der Waals surface area contributed by atoms with Gasteiger partial charge in [0, 0.05) is 13.0 Å². The van der Waals surface area contributed by atoms with Gasteiger partial charge in [-0.25, -0.2) is 0 Å². The molecule has 0 unspecified atom stereocenters. The van der Waals surface area contributed by atoms with Crippen LogP contribution in [0.4, 0.5) is 0 Å². The Labute approximate surface area is 116 Å². The molecule has 0 heterocycles. The summed E-state index contributed by atoms with van der Waals surface area (Å²) in [5.41, 5.74) is 1.09. The average molecular weight is 263 g/mol. The lowest BCUT2D eigenvalue weighted by Gasteiger charge is -2.10. The lowest BCUT2D eigenvalue weighted by atomic mass is 10.1. The first-order valence-corrected chi connectivity index (χ1v) is 6.99. The summed E-state index contributed by atoms with van der Waals surface area (Å²) in [7, 11) is 0. The van der Waals surface area contributed by atoms with E-state index in [0.717, 1.165) is 17.7 Å². The molecule has 0 aromatic heterocycles. The van der Waals surface area contributed by atoms with Gasteiger partial charge in [0.1, 0.15) is 5.75 Å². The van der Waals surface area contributed by atoms with Gasteiger partial charge in [0.25, 0.3) is 0 Å². The molecule has 1 aromatic carbocycles. The smallest absolute Gasteiger partial charge is 0.220 e. The summed E-state index contributed by atoms with van der Waals surface area (Å²) >= 11 is 0. The second kappa shape index (κ2) is 7.82. The Morgan fingerprint density at radius 2 is 1.79 bits per heavy atom. The van der Waals surface area contributed by atoms with Crippen LogP contribution >= 0.6 is 0 Å². The Morgan fingerprint density at radius 1 is 1.16 bits per heavy atom. The molecule has 0 aliphatic heterocycles. The Bertz CT molecular complexity index is 382. The minimum atomic E-state index is 0.121. The number of benzene rings is 1. The lowest BCUT2D eigenvalue weighted by molar-refractivity contribution is -0.121. The summed E-state index contributed by atoms with van der Waals surface area (Å²) in [5, 5.41) is 2.93. The van der Waals surface area contributed by atoms with E-state index in [-0.39, 0.29) is 12.0 Å². The highest BCUT2D eigenvalue weighted by atomic mass is 16.5. The molecule has 3 heteroatoms. The van der Waals surface area contributed by atoms with Crippen LogP contribution in [0.2, 0.25) is 0 Å². The van der Waals surface area contributed by atoms with Crippen LogP contribution in [0.1, 0.15) is 46.1 Å². The monoisotopic (exact) mass is 263 g/mol. The van der Waals surface area contributed by atoms with Gasteiger partial charge in [0.05, 0.1) is 6.10 Å². The predicted molar refractivity (Wildman–Crippen MR) is 78.1 cm³/mol. The van der Waals surface area contributed by atoms with E-state index < -0.39 is 0 Å². The van der Waals surface area contributed by atoms with Gasteiger partial charge in [-0.1, -0.05) is 26.0 Å². The van der Waals surface area contributed by atoms with Crippen LogP contribution in [0, 0.1) is 5.92 Å². The quantitative estimate of drug-likeness (QED) is 0.817. The number of carbonyl (C=O) groups is 1. The molecule has 106 valence electrons. The average Bonchev–Trinajstić information content (AvgIpc) is 2.35. The van der Waals surface area contributed by atoms with Gasteiger partial charge in [-0.15, -0.1) is 0 Å². The van der Waals surface area contributed by atoms with Crippen LogP contribution in [0.25, 0.3) is 0 Å². The Kier molecular flexibility index (Phi) is 6.40. The third-order valence-corrected chi connectivity index (χ3v) is 2.73. The van der Waals surface area contributed by atoms with E-state index in [0.29, 0.717) is 18.9 Å². The number of ether oxygens (including phenoxy) is 1. The van der Waals surface area contributed by atoms with E-state index in [1.807, 2.05) is 38.1 Å². The van der Waals surface area contributed by atoms with Crippen molar-refractivity contribution in [1.82, 2.24) is 5.32 Å². The van der Waals surface area contributed by atoms with Gasteiger partial charge in [0.2, 0.25) is 5.91 Å². The molecule has 0 aliphatic carbocycles. The van der Waals surface area contributed by atoms with Crippen molar-refractivity contribution in [3.63, 3.8) is 0 Å². The molecule has 0 aliphatic rings. The topological polar surface area (TPSA) is 38.3 Å². The van der Waals surface area contributed by atoms with Crippen molar-refractivity contribution in [3.8, 4) is 5.75 Å². The van der Waals surface area contributed by atoms with Crippen molar-refractivity contribution in [2.45, 2.75) is 53.2 Å². The maximum atomic E-state index is 11.6. The van der Waals surface area contributed by atoms with Crippen molar-refractivity contribution >= 4 is 5.91 Å². The first-order valence-electron chi connectivity index (χ1n) is 6.99. The first-order chi connectivity index (χ1) is 8.97. The zero-order valence-corrected chi connectivity index (χ0v) is 12.4. The number of hydrogen-bond acceptors (Lipinski definition) is 2. The van der Waals surface area contributed by atoms with Gasteiger partial charge in [-0.2, -0.15) is 0 Å². The summed E-state index contributed by atoms with van der Waals surface area (Å²) in [6.45, 7) is 8.84. The van der Waals surface area contributed by atoms with E-state index >= 15 is 0 Å². The number of carbonyl (C=O) groups excluding carboxylic acids is 1. The van der Waals surface area contributed by atoms with E-state index in [9.17, 15) is 4.79 Å². The normalized spacial score (nSPS) is 10.8. The van der Waals surface area contributed by atoms with Crippen LogP contribution in [-0.2, 0) is 11.3 Å². The molecular formula is C16H25NO2. The van der Waals surface area contributed by atoms with E-state index in [1.165, 1.54) is 0 Å². The molecule has 0 bridgehead atoms. The van der Waals surface area contributed by atoms with Crippen LogP contribution in [-0.4, -0.2) is 12.0 Å². The highest BCUT2D eigenvalue weighted by molar-refractivity contribution is 5.75. The first kappa shape index (κ1) is 15.5. The highest BCUT2D eigenvalue weighted by Gasteiger charge is 2.03. The number of nitrogens with one attached hydrogen (secondary N) is 1. The van der Waals surface area contributed by atoms with Gasteiger partial charge in [-0.3, -0.25) is 4.79 Å². The second-order valence-corrected chi connectivity index (χ2v) is 5.52. The van der Waals surface area contributed by atoms with E-state index in [1.54, 1.807) is 0 Å². The SMILES string of the molecule is CC(C)CCC(=O)NCc1ccc(OC(C)C)cc1. The molecule has 0 spiro atoms. The molecule has 1 amide bonds. The second-order valence-electron chi connectivity index (χ2n) is 5.52. The Hall–Kier alpha value is -1.51. The maximum Gasteiger partial charge on any atom is 0.220 e. The number of rotatable bonds is 7.